The van der Waals surface area contributed by atoms with Gasteiger partial charge in [-0.25, -0.2) is 4.79 Å². The van der Waals surface area contributed by atoms with Crippen LogP contribution < -0.4 is 15.4 Å². The van der Waals surface area contributed by atoms with E-state index < -0.39 is 23.6 Å². The third kappa shape index (κ3) is 8.23. The number of alkyl carbamates (subject to hydrolysis) is 1. The Morgan fingerprint density at radius 2 is 1.69 bits per heavy atom. The Hall–Kier alpha value is -3.06. The zero-order valence-electron chi connectivity index (χ0n) is 17.0. The van der Waals surface area contributed by atoms with Crippen molar-refractivity contribution in [3.8, 4) is 5.75 Å². The molecule has 0 heterocycles. The molecule has 29 heavy (non-hydrogen) atoms. The number of amides is 2. The minimum absolute atomic E-state index is 0.0728. The quantitative estimate of drug-likeness (QED) is 0.630. The van der Waals surface area contributed by atoms with Crippen molar-refractivity contribution >= 4 is 17.7 Å². The molecule has 7 heteroatoms. The van der Waals surface area contributed by atoms with Crippen molar-refractivity contribution in [3.63, 3.8) is 0 Å². The van der Waals surface area contributed by atoms with Gasteiger partial charge in [0.1, 0.15) is 24.0 Å². The fourth-order valence-electron chi connectivity index (χ4n) is 2.45. The van der Waals surface area contributed by atoms with Gasteiger partial charge in [-0.05, 0) is 57.0 Å². The molecule has 0 spiro atoms. The molecule has 0 aliphatic rings. The van der Waals surface area contributed by atoms with Gasteiger partial charge in [-0.15, -0.1) is 0 Å². The van der Waals surface area contributed by atoms with E-state index in [2.05, 4.69) is 10.6 Å². The molecule has 0 saturated carbocycles. The third-order valence-electron chi connectivity index (χ3n) is 3.80. The summed E-state index contributed by atoms with van der Waals surface area (Å²) in [6, 6.07) is 15.8. The van der Waals surface area contributed by atoms with Gasteiger partial charge in [-0.1, -0.05) is 30.3 Å². The summed E-state index contributed by atoms with van der Waals surface area (Å²) in [6.07, 6.45) is -0.639. The highest BCUT2D eigenvalue weighted by Gasteiger charge is 2.24. The molecule has 0 unspecified atom stereocenters. The van der Waals surface area contributed by atoms with Crippen molar-refractivity contribution in [2.24, 2.45) is 0 Å². The summed E-state index contributed by atoms with van der Waals surface area (Å²) in [5, 5.41) is 14.4. The van der Waals surface area contributed by atoms with E-state index in [-0.39, 0.29) is 13.0 Å². The van der Waals surface area contributed by atoms with Crippen LogP contribution >= 0.6 is 0 Å². The van der Waals surface area contributed by atoms with Crippen LogP contribution in [0.15, 0.2) is 54.6 Å². The number of carbonyl (C=O) groups excluding carboxylic acids is 2. The first-order valence-corrected chi connectivity index (χ1v) is 9.45. The smallest absolute Gasteiger partial charge is 0.408 e. The molecule has 2 aromatic carbocycles. The lowest BCUT2D eigenvalue weighted by Crippen LogP contribution is -2.46. The number of carbonyl (C=O) groups is 2. The number of rotatable bonds is 8. The molecule has 0 fully saturated rings. The molecule has 0 radical (unpaired) electrons. The van der Waals surface area contributed by atoms with Gasteiger partial charge in [0.05, 0.1) is 0 Å². The van der Waals surface area contributed by atoms with Crippen LogP contribution in [0.3, 0.4) is 0 Å². The second-order valence-corrected chi connectivity index (χ2v) is 7.50. The van der Waals surface area contributed by atoms with Crippen LogP contribution in [0.2, 0.25) is 0 Å². The minimum Gasteiger partial charge on any atom is -0.489 e. The van der Waals surface area contributed by atoms with Crippen molar-refractivity contribution in [3.05, 3.63) is 60.2 Å². The number of hydrogen-bond donors (Lipinski definition) is 3. The Balaban J connectivity index is 1.90. The zero-order valence-corrected chi connectivity index (χ0v) is 17.0. The highest BCUT2D eigenvalue weighted by atomic mass is 16.6. The van der Waals surface area contributed by atoms with Crippen LogP contribution in [0.1, 0.15) is 32.8 Å². The third-order valence-corrected chi connectivity index (χ3v) is 3.80. The van der Waals surface area contributed by atoms with Gasteiger partial charge in [0, 0.05) is 12.3 Å². The maximum Gasteiger partial charge on any atom is 0.408 e. The Labute approximate surface area is 171 Å². The van der Waals surface area contributed by atoms with E-state index >= 15 is 0 Å². The molecule has 0 bridgehead atoms. The largest absolute Gasteiger partial charge is 0.489 e. The molecule has 0 aromatic heterocycles. The monoisotopic (exact) mass is 400 g/mol. The first-order chi connectivity index (χ1) is 13.8. The topological polar surface area (TPSA) is 96.9 Å². The first-order valence-electron chi connectivity index (χ1n) is 9.45. The molecule has 156 valence electrons. The number of hydrogen-bond acceptors (Lipinski definition) is 5. The highest BCUT2D eigenvalue weighted by molar-refractivity contribution is 5.96. The van der Waals surface area contributed by atoms with E-state index in [1.165, 1.54) is 0 Å². The molecule has 0 aliphatic heterocycles. The number of nitrogens with one attached hydrogen (secondary N) is 2. The maximum atomic E-state index is 12.5. The summed E-state index contributed by atoms with van der Waals surface area (Å²) >= 11 is 0. The normalized spacial score (nSPS) is 12.0. The van der Waals surface area contributed by atoms with Crippen LogP contribution in [0.25, 0.3) is 0 Å². The Kier molecular flexibility index (Phi) is 8.03. The molecule has 2 amide bonds. The summed E-state index contributed by atoms with van der Waals surface area (Å²) in [5.41, 5.74) is 0.931. The van der Waals surface area contributed by atoms with E-state index in [1.807, 2.05) is 30.3 Å². The van der Waals surface area contributed by atoms with Gasteiger partial charge >= 0.3 is 6.09 Å². The zero-order chi connectivity index (χ0) is 21.3. The molecule has 0 saturated heterocycles. The molecule has 3 N–H and O–H groups in total. The number of ether oxygens (including phenoxy) is 2. The van der Waals surface area contributed by atoms with E-state index in [4.69, 9.17) is 9.47 Å². The Bertz CT molecular complexity index is 785. The molecular weight excluding hydrogens is 372 g/mol. The van der Waals surface area contributed by atoms with Gasteiger partial charge in [0.2, 0.25) is 5.91 Å². The van der Waals surface area contributed by atoms with Crippen molar-refractivity contribution in [1.82, 2.24) is 5.32 Å². The van der Waals surface area contributed by atoms with Crippen molar-refractivity contribution in [2.45, 2.75) is 45.4 Å². The SMILES string of the molecule is CC(C)(C)OC(=O)N[C@@H](CCO)C(=O)Nc1ccc(OCc2ccccc2)cc1. The van der Waals surface area contributed by atoms with Crippen molar-refractivity contribution in [1.29, 1.82) is 0 Å². The summed E-state index contributed by atoms with van der Waals surface area (Å²) in [4.78, 5) is 24.4. The van der Waals surface area contributed by atoms with Crippen LogP contribution in [0.4, 0.5) is 10.5 Å². The van der Waals surface area contributed by atoms with E-state index in [9.17, 15) is 14.7 Å². The summed E-state index contributed by atoms with van der Waals surface area (Å²) in [5.74, 6) is 0.230. The van der Waals surface area contributed by atoms with Gasteiger partial charge in [-0.3, -0.25) is 4.79 Å². The first kappa shape index (κ1) is 22.2. The van der Waals surface area contributed by atoms with Gasteiger partial charge in [0.15, 0.2) is 0 Å². The average molecular weight is 400 g/mol. The van der Waals surface area contributed by atoms with Gasteiger partial charge in [0.25, 0.3) is 0 Å². The summed E-state index contributed by atoms with van der Waals surface area (Å²) < 4.78 is 10.9. The molecule has 0 aliphatic carbocycles. The number of benzene rings is 2. The Morgan fingerprint density at radius 1 is 1.03 bits per heavy atom. The van der Waals surface area contributed by atoms with Gasteiger partial charge < -0.3 is 25.2 Å². The van der Waals surface area contributed by atoms with E-state index in [1.54, 1.807) is 45.0 Å². The molecule has 7 nitrogen and oxygen atoms in total. The molecular formula is C22H28N2O5. The van der Waals surface area contributed by atoms with Crippen molar-refractivity contribution in [2.75, 3.05) is 11.9 Å². The number of aliphatic hydroxyl groups excluding tert-OH is 1. The fourth-order valence-corrected chi connectivity index (χ4v) is 2.45. The highest BCUT2D eigenvalue weighted by Crippen LogP contribution is 2.17. The molecule has 2 rings (SSSR count). The maximum absolute atomic E-state index is 12.5. The predicted octanol–water partition coefficient (Wildman–Crippen LogP) is 3.48. The number of anilines is 1. The van der Waals surface area contributed by atoms with Crippen LogP contribution in [-0.2, 0) is 16.1 Å². The Morgan fingerprint density at radius 3 is 2.28 bits per heavy atom. The lowest BCUT2D eigenvalue weighted by Gasteiger charge is -2.23. The van der Waals surface area contributed by atoms with Crippen LogP contribution in [-0.4, -0.2) is 35.4 Å². The average Bonchev–Trinajstić information content (AvgIpc) is 2.66. The predicted molar refractivity (Wildman–Crippen MR) is 111 cm³/mol. The van der Waals surface area contributed by atoms with Gasteiger partial charge in [-0.2, -0.15) is 0 Å². The summed E-state index contributed by atoms with van der Waals surface area (Å²) in [7, 11) is 0. The lowest BCUT2D eigenvalue weighted by atomic mass is 10.2. The van der Waals surface area contributed by atoms with E-state index in [0.29, 0.717) is 18.0 Å². The standard InChI is InChI=1S/C22H28N2O5/c1-22(2,3)29-21(27)24-19(13-14-25)20(26)23-17-9-11-18(12-10-17)28-15-16-7-5-4-6-8-16/h4-12,19,25H,13-15H2,1-3H3,(H,23,26)(H,24,27)/t19-/m0/s1. The second kappa shape index (κ2) is 10.5. The second-order valence-electron chi connectivity index (χ2n) is 7.50. The minimum atomic E-state index is -0.913. The van der Waals surface area contributed by atoms with Crippen LogP contribution in [0.5, 0.6) is 5.75 Å². The van der Waals surface area contributed by atoms with Crippen LogP contribution in [0, 0.1) is 0 Å². The molecule has 2 aromatic rings. The lowest BCUT2D eigenvalue weighted by molar-refractivity contribution is -0.118. The van der Waals surface area contributed by atoms with E-state index in [0.717, 1.165) is 5.56 Å². The fraction of sp³-hybridized carbons (Fsp3) is 0.364. The number of aliphatic hydroxyl groups is 1. The molecule has 1 atom stereocenters. The summed E-state index contributed by atoms with van der Waals surface area (Å²) in [6.45, 7) is 5.39. The van der Waals surface area contributed by atoms with Crippen molar-refractivity contribution < 1.29 is 24.2 Å².